The molecule has 0 aliphatic rings. The van der Waals surface area contributed by atoms with Gasteiger partial charge in [-0.15, -0.1) is 11.8 Å². The molecule has 0 aliphatic carbocycles. The number of ether oxygens (including phenoxy) is 1. The molecule has 4 nitrogen and oxygen atoms in total. The van der Waals surface area contributed by atoms with E-state index in [0.29, 0.717) is 19.4 Å². The SMILES string of the molecule is Cc1ccc(CCC(=O)NCCOC(=O)CSc2ccc(C)cc2)cc1. The Labute approximate surface area is 159 Å². The standard InChI is InChI=1S/C21H25NO3S/c1-16-3-7-18(8-4-16)9-12-20(23)22-13-14-25-21(24)15-26-19-10-5-17(2)6-11-19/h3-8,10-11H,9,12-15H2,1-2H3,(H,22,23). The van der Waals surface area contributed by atoms with E-state index in [2.05, 4.69) is 5.32 Å². The van der Waals surface area contributed by atoms with Crippen LogP contribution in [0.25, 0.3) is 0 Å². The van der Waals surface area contributed by atoms with Crippen LogP contribution in [0.2, 0.25) is 0 Å². The van der Waals surface area contributed by atoms with E-state index < -0.39 is 0 Å². The van der Waals surface area contributed by atoms with Gasteiger partial charge in [-0.25, -0.2) is 0 Å². The quantitative estimate of drug-likeness (QED) is 0.415. The van der Waals surface area contributed by atoms with Crippen LogP contribution in [0.1, 0.15) is 23.1 Å². The predicted molar refractivity (Wildman–Crippen MR) is 105 cm³/mol. The summed E-state index contributed by atoms with van der Waals surface area (Å²) < 4.78 is 5.14. The molecule has 1 amide bonds. The van der Waals surface area contributed by atoms with E-state index in [1.165, 1.54) is 22.9 Å². The van der Waals surface area contributed by atoms with Crippen LogP contribution >= 0.6 is 11.8 Å². The lowest BCUT2D eigenvalue weighted by Gasteiger charge is -2.07. The fraction of sp³-hybridized carbons (Fsp3) is 0.333. The maximum Gasteiger partial charge on any atom is 0.316 e. The average molecular weight is 372 g/mol. The monoisotopic (exact) mass is 371 g/mol. The first-order chi connectivity index (χ1) is 12.5. The van der Waals surface area contributed by atoms with E-state index in [-0.39, 0.29) is 24.2 Å². The van der Waals surface area contributed by atoms with Crippen LogP contribution in [-0.2, 0) is 20.7 Å². The summed E-state index contributed by atoms with van der Waals surface area (Å²) in [6.07, 6.45) is 1.14. The Hall–Kier alpha value is -2.27. The number of nitrogens with one attached hydrogen (secondary N) is 1. The molecule has 0 heterocycles. The number of rotatable bonds is 9. The maximum absolute atomic E-state index is 11.8. The van der Waals surface area contributed by atoms with Gasteiger partial charge >= 0.3 is 5.97 Å². The highest BCUT2D eigenvalue weighted by molar-refractivity contribution is 8.00. The summed E-state index contributed by atoms with van der Waals surface area (Å²) in [6.45, 7) is 4.60. The second-order valence-corrected chi connectivity index (χ2v) is 7.21. The molecule has 0 saturated heterocycles. The molecule has 26 heavy (non-hydrogen) atoms. The van der Waals surface area contributed by atoms with Crippen molar-refractivity contribution in [2.45, 2.75) is 31.6 Å². The Kier molecular flexibility index (Phi) is 8.22. The fourth-order valence-electron chi connectivity index (χ4n) is 2.27. The van der Waals surface area contributed by atoms with E-state index in [4.69, 9.17) is 4.74 Å². The molecule has 0 spiro atoms. The third kappa shape index (κ3) is 7.74. The van der Waals surface area contributed by atoms with Crippen LogP contribution in [0.15, 0.2) is 53.4 Å². The minimum atomic E-state index is -0.274. The van der Waals surface area contributed by atoms with Crippen molar-refractivity contribution in [2.24, 2.45) is 0 Å². The van der Waals surface area contributed by atoms with Gasteiger partial charge in [-0.1, -0.05) is 47.5 Å². The van der Waals surface area contributed by atoms with Gasteiger partial charge in [-0.2, -0.15) is 0 Å². The van der Waals surface area contributed by atoms with Crippen molar-refractivity contribution < 1.29 is 14.3 Å². The van der Waals surface area contributed by atoms with Crippen LogP contribution in [0.4, 0.5) is 0 Å². The van der Waals surface area contributed by atoms with Gasteiger partial charge in [0.15, 0.2) is 0 Å². The lowest BCUT2D eigenvalue weighted by molar-refractivity contribution is -0.140. The largest absolute Gasteiger partial charge is 0.463 e. The molecular weight excluding hydrogens is 346 g/mol. The zero-order valence-electron chi connectivity index (χ0n) is 15.3. The fourth-order valence-corrected chi connectivity index (χ4v) is 2.97. The topological polar surface area (TPSA) is 55.4 Å². The number of amides is 1. The Morgan fingerprint density at radius 2 is 1.58 bits per heavy atom. The van der Waals surface area contributed by atoms with Crippen LogP contribution < -0.4 is 5.32 Å². The van der Waals surface area contributed by atoms with Gasteiger partial charge in [-0.3, -0.25) is 9.59 Å². The Bertz CT molecular complexity index is 648. The van der Waals surface area contributed by atoms with Crippen molar-refractivity contribution in [1.29, 1.82) is 0 Å². The number of hydrogen-bond acceptors (Lipinski definition) is 4. The molecule has 0 aliphatic heterocycles. The molecule has 0 fully saturated rings. The summed E-state index contributed by atoms with van der Waals surface area (Å²) in [4.78, 5) is 24.6. The molecule has 0 radical (unpaired) electrons. The zero-order valence-corrected chi connectivity index (χ0v) is 16.1. The molecule has 1 N–H and O–H groups in total. The number of carbonyl (C=O) groups is 2. The van der Waals surface area contributed by atoms with Crippen LogP contribution in [0.3, 0.4) is 0 Å². The highest BCUT2D eigenvalue weighted by Crippen LogP contribution is 2.18. The second kappa shape index (κ2) is 10.7. The van der Waals surface area contributed by atoms with Crippen molar-refractivity contribution in [2.75, 3.05) is 18.9 Å². The minimum absolute atomic E-state index is 0.0318. The first-order valence-corrected chi connectivity index (χ1v) is 9.69. The van der Waals surface area contributed by atoms with E-state index in [1.54, 1.807) is 0 Å². The molecule has 138 valence electrons. The van der Waals surface area contributed by atoms with Crippen molar-refractivity contribution in [3.8, 4) is 0 Å². The molecule has 5 heteroatoms. The molecule has 0 unspecified atom stereocenters. The van der Waals surface area contributed by atoms with E-state index in [0.717, 1.165) is 10.5 Å². The van der Waals surface area contributed by atoms with E-state index in [9.17, 15) is 9.59 Å². The minimum Gasteiger partial charge on any atom is -0.463 e. The van der Waals surface area contributed by atoms with Crippen molar-refractivity contribution in [3.05, 3.63) is 65.2 Å². The van der Waals surface area contributed by atoms with Crippen molar-refractivity contribution in [3.63, 3.8) is 0 Å². The van der Waals surface area contributed by atoms with Gasteiger partial charge in [-0.05, 0) is 38.0 Å². The lowest BCUT2D eigenvalue weighted by atomic mass is 10.1. The number of esters is 1. The van der Waals surface area contributed by atoms with Gasteiger partial charge < -0.3 is 10.1 Å². The molecule has 2 aromatic carbocycles. The van der Waals surface area contributed by atoms with Gasteiger partial charge in [0.1, 0.15) is 6.61 Å². The summed E-state index contributed by atoms with van der Waals surface area (Å²) in [5.41, 5.74) is 3.54. The van der Waals surface area contributed by atoms with Crippen LogP contribution in [-0.4, -0.2) is 30.8 Å². The number of benzene rings is 2. The van der Waals surface area contributed by atoms with Crippen LogP contribution in [0.5, 0.6) is 0 Å². The third-order valence-electron chi connectivity index (χ3n) is 3.83. The molecule has 0 atom stereocenters. The number of hydrogen-bond donors (Lipinski definition) is 1. The Morgan fingerprint density at radius 1 is 0.962 bits per heavy atom. The summed E-state index contributed by atoms with van der Waals surface area (Å²) in [7, 11) is 0. The van der Waals surface area contributed by atoms with Crippen LogP contribution in [0, 0.1) is 13.8 Å². The third-order valence-corrected chi connectivity index (χ3v) is 4.81. The predicted octanol–water partition coefficient (Wildman–Crippen LogP) is 3.69. The number of aryl methyl sites for hydroxylation is 3. The van der Waals surface area contributed by atoms with Gasteiger partial charge in [0.25, 0.3) is 0 Å². The Morgan fingerprint density at radius 3 is 2.23 bits per heavy atom. The van der Waals surface area contributed by atoms with Crippen molar-refractivity contribution >= 4 is 23.6 Å². The van der Waals surface area contributed by atoms with Crippen molar-refractivity contribution in [1.82, 2.24) is 5.32 Å². The smallest absolute Gasteiger partial charge is 0.316 e. The second-order valence-electron chi connectivity index (χ2n) is 6.16. The summed E-state index contributed by atoms with van der Waals surface area (Å²) in [6, 6.07) is 16.2. The molecule has 0 bridgehead atoms. The number of thioether (sulfide) groups is 1. The van der Waals surface area contributed by atoms with Gasteiger partial charge in [0, 0.05) is 11.3 Å². The zero-order chi connectivity index (χ0) is 18.8. The first-order valence-electron chi connectivity index (χ1n) is 8.70. The number of carbonyl (C=O) groups excluding carboxylic acids is 2. The summed E-state index contributed by atoms with van der Waals surface area (Å²) >= 11 is 1.45. The van der Waals surface area contributed by atoms with Gasteiger partial charge in [0.2, 0.25) is 5.91 Å². The Balaban J connectivity index is 1.54. The maximum atomic E-state index is 11.8. The highest BCUT2D eigenvalue weighted by Gasteiger charge is 2.06. The van der Waals surface area contributed by atoms with E-state index in [1.807, 2.05) is 62.4 Å². The van der Waals surface area contributed by atoms with Gasteiger partial charge in [0.05, 0.1) is 12.3 Å². The molecule has 0 saturated carbocycles. The summed E-state index contributed by atoms with van der Waals surface area (Å²) in [5, 5.41) is 2.78. The lowest BCUT2D eigenvalue weighted by Crippen LogP contribution is -2.28. The summed E-state index contributed by atoms with van der Waals surface area (Å²) in [5.74, 6) is -0.0371. The van der Waals surface area contributed by atoms with E-state index >= 15 is 0 Å². The molecule has 0 aromatic heterocycles. The highest BCUT2D eigenvalue weighted by atomic mass is 32.2. The molecular formula is C21H25NO3S. The first kappa shape index (κ1) is 20.0. The normalized spacial score (nSPS) is 10.4. The average Bonchev–Trinajstić information content (AvgIpc) is 2.64. The molecule has 2 rings (SSSR count). The molecule has 2 aromatic rings.